The van der Waals surface area contributed by atoms with Crippen molar-refractivity contribution < 1.29 is 4.79 Å². The van der Waals surface area contributed by atoms with Gasteiger partial charge in [-0.25, -0.2) is 0 Å². The van der Waals surface area contributed by atoms with Gasteiger partial charge >= 0.3 is 0 Å². The van der Waals surface area contributed by atoms with Gasteiger partial charge in [0.2, 0.25) is 0 Å². The van der Waals surface area contributed by atoms with Crippen LogP contribution in [0.5, 0.6) is 0 Å². The molecule has 5 heteroatoms. The van der Waals surface area contributed by atoms with Gasteiger partial charge in [0.25, 0.3) is 5.91 Å². The minimum atomic E-state index is -0.422. The maximum Gasteiger partial charge on any atom is 0.256 e. The molecular weight excluding hydrogens is 274 g/mol. The van der Waals surface area contributed by atoms with Crippen molar-refractivity contribution in [2.75, 3.05) is 5.32 Å². The summed E-state index contributed by atoms with van der Waals surface area (Å²) in [6.07, 6.45) is 2.58. The van der Waals surface area contributed by atoms with Crippen LogP contribution >= 0.6 is 11.6 Å². The van der Waals surface area contributed by atoms with Gasteiger partial charge < -0.3 is 10.7 Å². The number of carbonyl (C=O) groups excluding carboxylic acids is 1. The Kier molecular flexibility index (Phi) is 4.27. The first-order valence-corrected chi connectivity index (χ1v) is 6.21. The second-order valence-electron chi connectivity index (χ2n) is 4.03. The van der Waals surface area contributed by atoms with Crippen LogP contribution < -0.4 is 5.32 Å². The highest BCUT2D eigenvalue weighted by atomic mass is 35.5. The molecule has 1 aromatic carbocycles. The van der Waals surface area contributed by atoms with Gasteiger partial charge in [0.05, 0.1) is 16.3 Å². The second-order valence-corrected chi connectivity index (χ2v) is 4.44. The number of nitrogens with zero attached hydrogens (tertiary/aromatic N) is 1. The van der Waals surface area contributed by atoms with Gasteiger partial charge in [-0.05, 0) is 30.3 Å². The molecule has 1 aromatic heterocycles. The van der Waals surface area contributed by atoms with Crippen LogP contribution in [-0.2, 0) is 4.79 Å². The summed E-state index contributed by atoms with van der Waals surface area (Å²) in [7, 11) is 0. The van der Waals surface area contributed by atoms with Gasteiger partial charge in [0.1, 0.15) is 0 Å². The summed E-state index contributed by atoms with van der Waals surface area (Å²) in [5, 5.41) is 10.2. The molecule has 2 aromatic rings. The molecule has 1 amide bonds. The number of anilines is 1. The van der Waals surface area contributed by atoms with E-state index in [1.807, 2.05) is 18.2 Å². The Morgan fingerprint density at radius 1 is 1.35 bits per heavy atom. The van der Waals surface area contributed by atoms with E-state index in [-0.39, 0.29) is 5.57 Å². The van der Waals surface area contributed by atoms with E-state index in [1.165, 1.54) is 0 Å². The van der Waals surface area contributed by atoms with Crippen LogP contribution in [0.4, 0.5) is 5.69 Å². The Morgan fingerprint density at radius 2 is 2.15 bits per heavy atom. The number of rotatable bonds is 4. The number of aromatic nitrogens is 1. The molecule has 100 valence electrons. The van der Waals surface area contributed by atoms with Crippen molar-refractivity contribution in [3.05, 3.63) is 59.8 Å². The summed E-state index contributed by atoms with van der Waals surface area (Å²) in [6.45, 7) is 3.47. The predicted octanol–water partition coefficient (Wildman–Crippen LogP) is 3.55. The van der Waals surface area contributed by atoms with Gasteiger partial charge in [-0.2, -0.15) is 0 Å². The molecule has 0 radical (unpaired) electrons. The third kappa shape index (κ3) is 3.10. The fraction of sp³-hybridized carbons (Fsp3) is 0. The van der Waals surface area contributed by atoms with Crippen molar-refractivity contribution in [2.24, 2.45) is 0 Å². The number of benzene rings is 1. The van der Waals surface area contributed by atoms with Crippen LogP contribution in [0, 0.1) is 5.41 Å². The van der Waals surface area contributed by atoms with E-state index in [1.54, 1.807) is 24.4 Å². The second kappa shape index (κ2) is 6.12. The molecule has 0 fully saturated rings. The predicted molar refractivity (Wildman–Crippen MR) is 81.2 cm³/mol. The summed E-state index contributed by atoms with van der Waals surface area (Å²) < 4.78 is 0. The first kappa shape index (κ1) is 14.0. The average Bonchev–Trinajstić information content (AvgIpc) is 2.49. The van der Waals surface area contributed by atoms with Crippen molar-refractivity contribution in [1.82, 2.24) is 4.98 Å². The molecule has 0 aliphatic rings. The molecule has 0 saturated heterocycles. The van der Waals surface area contributed by atoms with Gasteiger partial charge in [-0.1, -0.05) is 24.2 Å². The smallest absolute Gasteiger partial charge is 0.256 e. The highest BCUT2D eigenvalue weighted by Gasteiger charge is 2.09. The topological polar surface area (TPSA) is 65.8 Å². The lowest BCUT2D eigenvalue weighted by Gasteiger charge is -2.08. The molecule has 0 aliphatic heterocycles. The first-order valence-electron chi connectivity index (χ1n) is 5.83. The molecule has 2 N–H and O–H groups in total. The van der Waals surface area contributed by atoms with Crippen molar-refractivity contribution in [3.63, 3.8) is 0 Å². The lowest BCUT2D eigenvalue weighted by atomic mass is 10.1. The number of nitrogens with one attached hydrogen (secondary N) is 2. The number of hydrogen-bond acceptors (Lipinski definition) is 3. The van der Waals surface area contributed by atoms with E-state index in [0.717, 1.165) is 17.5 Å². The molecule has 0 aliphatic carbocycles. The van der Waals surface area contributed by atoms with E-state index in [9.17, 15) is 4.79 Å². The van der Waals surface area contributed by atoms with Crippen LogP contribution in [0.25, 0.3) is 11.3 Å². The average molecular weight is 286 g/mol. The van der Waals surface area contributed by atoms with Crippen molar-refractivity contribution >= 4 is 29.4 Å². The molecule has 0 atom stereocenters. The van der Waals surface area contributed by atoms with E-state index in [0.29, 0.717) is 10.7 Å². The number of amides is 1. The Balaban J connectivity index is 2.32. The van der Waals surface area contributed by atoms with Crippen LogP contribution in [0.2, 0.25) is 5.02 Å². The first-order chi connectivity index (χ1) is 9.61. The molecule has 0 unspecified atom stereocenters. The van der Waals surface area contributed by atoms with Crippen molar-refractivity contribution in [1.29, 1.82) is 5.41 Å². The van der Waals surface area contributed by atoms with Gasteiger partial charge in [-0.3, -0.25) is 9.78 Å². The number of carbonyl (C=O) groups is 1. The fourth-order valence-corrected chi connectivity index (χ4v) is 1.81. The lowest BCUT2D eigenvalue weighted by molar-refractivity contribution is -0.112. The maximum atomic E-state index is 11.7. The van der Waals surface area contributed by atoms with Gasteiger partial charge in [0.15, 0.2) is 0 Å². The number of pyridine rings is 1. The summed E-state index contributed by atoms with van der Waals surface area (Å²) in [5.41, 5.74) is 2.10. The molecule has 0 spiro atoms. The highest BCUT2D eigenvalue weighted by Crippen LogP contribution is 2.29. The van der Waals surface area contributed by atoms with E-state index in [2.05, 4.69) is 16.9 Å². The molecule has 0 bridgehead atoms. The Hall–Kier alpha value is -2.46. The zero-order valence-electron chi connectivity index (χ0n) is 10.6. The summed E-state index contributed by atoms with van der Waals surface area (Å²) in [5.74, 6) is -0.422. The lowest BCUT2D eigenvalue weighted by Crippen LogP contribution is -2.14. The van der Waals surface area contributed by atoms with Crippen LogP contribution in [0.1, 0.15) is 0 Å². The molecular formula is C15H12ClN3O. The number of halogens is 1. The normalized spacial score (nSPS) is 9.85. The van der Waals surface area contributed by atoms with Gasteiger partial charge in [0, 0.05) is 23.7 Å². The zero-order valence-corrected chi connectivity index (χ0v) is 11.3. The molecule has 20 heavy (non-hydrogen) atoms. The largest absolute Gasteiger partial charge is 0.322 e. The van der Waals surface area contributed by atoms with E-state index >= 15 is 0 Å². The fourth-order valence-electron chi connectivity index (χ4n) is 1.60. The third-order valence-corrected chi connectivity index (χ3v) is 2.96. The molecule has 4 nitrogen and oxygen atoms in total. The monoisotopic (exact) mass is 285 g/mol. The van der Waals surface area contributed by atoms with Crippen molar-refractivity contribution in [3.8, 4) is 11.3 Å². The maximum absolute atomic E-state index is 11.7. The Morgan fingerprint density at radius 3 is 2.80 bits per heavy atom. The molecule has 2 rings (SSSR count). The minimum absolute atomic E-state index is 0.0827. The summed E-state index contributed by atoms with van der Waals surface area (Å²) >= 11 is 6.15. The molecule has 1 heterocycles. The highest BCUT2D eigenvalue weighted by molar-refractivity contribution is 6.33. The van der Waals surface area contributed by atoms with Crippen molar-refractivity contribution in [2.45, 2.75) is 0 Å². The Labute approximate surface area is 121 Å². The quantitative estimate of drug-likeness (QED) is 0.666. The van der Waals surface area contributed by atoms with E-state index in [4.69, 9.17) is 17.0 Å². The summed E-state index contributed by atoms with van der Waals surface area (Å²) in [6, 6.07) is 10.6. The van der Waals surface area contributed by atoms with E-state index < -0.39 is 5.91 Å². The zero-order chi connectivity index (χ0) is 14.5. The third-order valence-electron chi connectivity index (χ3n) is 2.63. The SMILES string of the molecule is C=C(C=N)C(=O)Nc1ccc(Cl)c(-c2ccccn2)c1. The van der Waals surface area contributed by atoms with Crippen LogP contribution in [-0.4, -0.2) is 17.1 Å². The minimum Gasteiger partial charge on any atom is -0.322 e. The van der Waals surface area contributed by atoms with Crippen LogP contribution in [0.15, 0.2) is 54.7 Å². The van der Waals surface area contributed by atoms with Gasteiger partial charge in [-0.15, -0.1) is 0 Å². The van der Waals surface area contributed by atoms with Crippen LogP contribution in [0.3, 0.4) is 0 Å². The standard InChI is InChI=1S/C15H12ClN3O/c1-10(9-17)15(20)19-11-5-6-13(16)12(8-11)14-4-2-3-7-18-14/h2-9,17H,1H2,(H,19,20). The number of hydrogen-bond donors (Lipinski definition) is 2. The summed E-state index contributed by atoms with van der Waals surface area (Å²) in [4.78, 5) is 15.9. The Bertz CT molecular complexity index is 668. The molecule has 0 saturated carbocycles.